The Labute approximate surface area is 157 Å². The zero-order valence-electron chi connectivity index (χ0n) is 15.6. The molecule has 1 aliphatic rings. The molecule has 3 aromatic rings. The average molecular weight is 366 g/mol. The van der Waals surface area contributed by atoms with E-state index in [0.29, 0.717) is 13.0 Å². The van der Waals surface area contributed by atoms with Crippen molar-refractivity contribution in [2.45, 2.75) is 32.2 Å². The number of benzene rings is 2. The topological polar surface area (TPSA) is 45.3 Å². The lowest BCUT2D eigenvalue weighted by molar-refractivity contribution is -0.133. The van der Waals surface area contributed by atoms with E-state index in [1.165, 1.54) is 17.7 Å². The molecule has 140 valence electrons. The van der Waals surface area contributed by atoms with Gasteiger partial charge < -0.3 is 14.6 Å². The summed E-state index contributed by atoms with van der Waals surface area (Å²) < 4.78 is 18.9. The van der Waals surface area contributed by atoms with Crippen LogP contribution >= 0.6 is 0 Å². The monoisotopic (exact) mass is 366 g/mol. The number of methoxy groups -OCH3 is 1. The van der Waals surface area contributed by atoms with Gasteiger partial charge in [0.15, 0.2) is 0 Å². The summed E-state index contributed by atoms with van der Waals surface area (Å²) in [7, 11) is 1.66. The summed E-state index contributed by atoms with van der Waals surface area (Å²) in [6.07, 6.45) is 2.11. The Bertz CT molecular complexity index is 978. The minimum atomic E-state index is -0.275. The summed E-state index contributed by atoms with van der Waals surface area (Å²) >= 11 is 0. The molecule has 1 atom stereocenters. The molecule has 0 radical (unpaired) electrons. The highest BCUT2D eigenvalue weighted by molar-refractivity contribution is 5.87. The quantitative estimate of drug-likeness (QED) is 0.734. The number of H-pyrrole nitrogens is 1. The van der Waals surface area contributed by atoms with Crippen molar-refractivity contribution in [3.63, 3.8) is 0 Å². The molecule has 1 aromatic heterocycles. The summed E-state index contributed by atoms with van der Waals surface area (Å²) in [5, 5.41) is 1.12. The van der Waals surface area contributed by atoms with Gasteiger partial charge in [-0.05, 0) is 54.3 Å². The van der Waals surface area contributed by atoms with Crippen LogP contribution in [0.2, 0.25) is 0 Å². The number of hydrogen-bond donors (Lipinski definition) is 1. The van der Waals surface area contributed by atoms with Gasteiger partial charge in [0.05, 0.1) is 13.2 Å². The minimum Gasteiger partial charge on any atom is -0.497 e. The molecule has 0 spiro atoms. The number of nitrogens with zero attached hydrogens (tertiary/aromatic N) is 1. The van der Waals surface area contributed by atoms with Gasteiger partial charge in [0, 0.05) is 29.6 Å². The van der Waals surface area contributed by atoms with Crippen LogP contribution in [0.5, 0.6) is 5.75 Å². The highest BCUT2D eigenvalue weighted by Gasteiger charge is 2.34. The second-order valence-corrected chi connectivity index (χ2v) is 6.97. The van der Waals surface area contributed by atoms with E-state index in [1.807, 2.05) is 30.0 Å². The Hall–Kier alpha value is -2.82. The van der Waals surface area contributed by atoms with Crippen molar-refractivity contribution in [1.29, 1.82) is 0 Å². The van der Waals surface area contributed by atoms with Gasteiger partial charge >= 0.3 is 0 Å². The number of carbonyl (C=O) groups is 1. The van der Waals surface area contributed by atoms with Crippen LogP contribution in [0.1, 0.15) is 42.6 Å². The van der Waals surface area contributed by atoms with Gasteiger partial charge in [-0.25, -0.2) is 4.39 Å². The summed E-state index contributed by atoms with van der Waals surface area (Å²) in [6, 6.07) is 12.2. The summed E-state index contributed by atoms with van der Waals surface area (Å²) in [5.74, 6) is 0.670. The van der Waals surface area contributed by atoms with E-state index in [1.54, 1.807) is 19.2 Å². The molecule has 1 unspecified atom stereocenters. The van der Waals surface area contributed by atoms with Crippen LogP contribution in [0.25, 0.3) is 10.9 Å². The van der Waals surface area contributed by atoms with Crippen molar-refractivity contribution in [3.05, 3.63) is 65.1 Å². The zero-order valence-corrected chi connectivity index (χ0v) is 15.6. The number of fused-ring (bicyclic) bond motifs is 3. The van der Waals surface area contributed by atoms with Crippen LogP contribution in [0.4, 0.5) is 4.39 Å². The number of aromatic amines is 1. The summed E-state index contributed by atoms with van der Waals surface area (Å²) in [4.78, 5) is 18.2. The van der Waals surface area contributed by atoms with Crippen molar-refractivity contribution in [3.8, 4) is 5.75 Å². The largest absolute Gasteiger partial charge is 0.497 e. The van der Waals surface area contributed by atoms with Gasteiger partial charge in [0.2, 0.25) is 5.91 Å². The average Bonchev–Trinajstić information content (AvgIpc) is 3.06. The third kappa shape index (κ3) is 3.07. The van der Waals surface area contributed by atoms with Crippen LogP contribution < -0.4 is 4.74 Å². The van der Waals surface area contributed by atoms with E-state index in [9.17, 15) is 9.18 Å². The molecule has 0 bridgehead atoms. The molecule has 0 fully saturated rings. The maximum Gasteiger partial charge on any atom is 0.223 e. The van der Waals surface area contributed by atoms with E-state index in [-0.39, 0.29) is 17.8 Å². The summed E-state index contributed by atoms with van der Waals surface area (Å²) in [6.45, 7) is 2.66. The summed E-state index contributed by atoms with van der Waals surface area (Å²) in [5.41, 5.74) is 4.16. The highest BCUT2D eigenvalue weighted by atomic mass is 19.1. The fourth-order valence-electron chi connectivity index (χ4n) is 4.01. The van der Waals surface area contributed by atoms with Gasteiger partial charge in [-0.1, -0.05) is 19.1 Å². The Morgan fingerprint density at radius 2 is 2.04 bits per heavy atom. The molecule has 2 heterocycles. The normalized spacial score (nSPS) is 16.4. The first-order valence-corrected chi connectivity index (χ1v) is 9.35. The minimum absolute atomic E-state index is 0.133. The molecule has 1 amide bonds. The van der Waals surface area contributed by atoms with Gasteiger partial charge in [-0.2, -0.15) is 0 Å². The molecule has 5 heteroatoms. The van der Waals surface area contributed by atoms with Gasteiger partial charge in [-0.3, -0.25) is 4.79 Å². The molecule has 4 nitrogen and oxygen atoms in total. The smallest absolute Gasteiger partial charge is 0.223 e. The van der Waals surface area contributed by atoms with Crippen molar-refractivity contribution >= 4 is 16.8 Å². The van der Waals surface area contributed by atoms with Gasteiger partial charge in [0.1, 0.15) is 11.6 Å². The highest BCUT2D eigenvalue weighted by Crippen LogP contribution is 2.39. The number of ether oxygens (including phenoxy) is 1. The SMILES string of the molecule is CCCC(=O)N1CCc2c([nH]c3ccc(OC)cc23)C1c1ccc(F)cc1. The molecule has 1 N–H and O–H groups in total. The number of aromatic nitrogens is 1. The zero-order chi connectivity index (χ0) is 19.0. The van der Waals surface area contributed by atoms with Crippen LogP contribution in [-0.4, -0.2) is 29.4 Å². The maximum atomic E-state index is 13.5. The Morgan fingerprint density at radius 1 is 1.26 bits per heavy atom. The Balaban J connectivity index is 1.87. The molecule has 27 heavy (non-hydrogen) atoms. The van der Waals surface area contributed by atoms with Crippen LogP contribution in [0, 0.1) is 5.82 Å². The van der Waals surface area contributed by atoms with Crippen molar-refractivity contribution < 1.29 is 13.9 Å². The molecular weight excluding hydrogens is 343 g/mol. The number of rotatable bonds is 4. The van der Waals surface area contributed by atoms with Crippen molar-refractivity contribution in [2.24, 2.45) is 0 Å². The Morgan fingerprint density at radius 3 is 2.74 bits per heavy atom. The van der Waals surface area contributed by atoms with E-state index in [4.69, 9.17) is 4.74 Å². The molecule has 0 aliphatic carbocycles. The molecule has 1 aliphatic heterocycles. The van der Waals surface area contributed by atoms with E-state index >= 15 is 0 Å². The third-order valence-corrected chi connectivity index (χ3v) is 5.30. The maximum absolute atomic E-state index is 13.5. The van der Waals surface area contributed by atoms with Gasteiger partial charge in [-0.15, -0.1) is 0 Å². The lowest BCUT2D eigenvalue weighted by Gasteiger charge is -2.36. The van der Waals surface area contributed by atoms with Crippen LogP contribution in [0.3, 0.4) is 0 Å². The molecular formula is C22H23FN2O2. The molecule has 0 saturated heterocycles. The lowest BCUT2D eigenvalue weighted by atomic mass is 9.92. The van der Waals surface area contributed by atoms with Crippen LogP contribution in [-0.2, 0) is 11.2 Å². The van der Waals surface area contributed by atoms with E-state index in [0.717, 1.165) is 40.8 Å². The van der Waals surface area contributed by atoms with Crippen molar-refractivity contribution in [1.82, 2.24) is 9.88 Å². The molecule has 0 saturated carbocycles. The van der Waals surface area contributed by atoms with E-state index in [2.05, 4.69) is 4.98 Å². The molecule has 4 rings (SSSR count). The first-order valence-electron chi connectivity index (χ1n) is 9.35. The molecule has 2 aromatic carbocycles. The number of halogens is 1. The predicted octanol–water partition coefficient (Wildman–Crippen LogP) is 4.59. The first-order chi connectivity index (χ1) is 13.1. The Kier molecular flexibility index (Phi) is 4.60. The van der Waals surface area contributed by atoms with E-state index < -0.39 is 0 Å². The fraction of sp³-hybridized carbons (Fsp3) is 0.318. The number of nitrogens with one attached hydrogen (secondary N) is 1. The van der Waals surface area contributed by atoms with Crippen molar-refractivity contribution in [2.75, 3.05) is 13.7 Å². The standard InChI is InChI=1S/C22H23FN2O2/c1-3-4-20(26)25-12-11-17-18-13-16(27-2)9-10-19(18)24-21(17)22(25)14-5-7-15(23)8-6-14/h5-10,13,22,24H,3-4,11-12H2,1-2H3. The van der Waals surface area contributed by atoms with Crippen LogP contribution in [0.15, 0.2) is 42.5 Å². The second-order valence-electron chi connectivity index (χ2n) is 6.97. The first kappa shape index (κ1) is 17.6. The van der Waals surface area contributed by atoms with Gasteiger partial charge in [0.25, 0.3) is 0 Å². The number of hydrogen-bond acceptors (Lipinski definition) is 2. The second kappa shape index (κ2) is 7.06. The third-order valence-electron chi connectivity index (χ3n) is 5.30. The lowest BCUT2D eigenvalue weighted by Crippen LogP contribution is -2.40. The fourth-order valence-corrected chi connectivity index (χ4v) is 4.01. The number of carbonyl (C=O) groups excluding carboxylic acids is 1. The number of amides is 1. The predicted molar refractivity (Wildman–Crippen MR) is 103 cm³/mol.